The lowest BCUT2D eigenvalue weighted by molar-refractivity contribution is -0.277. The largest absolute Gasteiger partial charge is 0.504 e. The number of benzene rings is 2. The molecule has 0 saturated carbocycles. The Hall–Kier alpha value is -0.940. The highest BCUT2D eigenvalue weighted by Crippen LogP contribution is 2.37. The molecule has 5 atom stereocenters. The number of halogens is 2. The Balaban J connectivity index is 1.91. The Kier molecular flexibility index (Phi) is 5.54. The Morgan fingerprint density at radius 2 is 1.52 bits per heavy atom. The Morgan fingerprint density at radius 3 is 2.12 bits per heavy atom. The molecule has 0 amide bonds. The first-order chi connectivity index (χ1) is 11.8. The van der Waals surface area contributed by atoms with Gasteiger partial charge in [0, 0.05) is 8.95 Å². The summed E-state index contributed by atoms with van der Waals surface area (Å²) in [4.78, 5) is 0. The summed E-state index contributed by atoms with van der Waals surface area (Å²) in [6.07, 6.45) is -7.03. The van der Waals surface area contributed by atoms with E-state index in [1.54, 1.807) is 6.07 Å². The average Bonchev–Trinajstić information content (AvgIpc) is 2.57. The van der Waals surface area contributed by atoms with Gasteiger partial charge in [0.1, 0.15) is 24.4 Å². The maximum Gasteiger partial charge on any atom is 0.229 e. The first-order valence-electron chi connectivity index (χ1n) is 7.40. The maximum atomic E-state index is 10.2. The van der Waals surface area contributed by atoms with Gasteiger partial charge in [-0.25, -0.2) is 0 Å². The predicted octanol–water partition coefficient (Wildman–Crippen LogP) is 1.25. The van der Waals surface area contributed by atoms with Gasteiger partial charge in [-0.15, -0.1) is 0 Å². The molecule has 0 spiro atoms. The Labute approximate surface area is 159 Å². The third-order valence-corrected chi connectivity index (χ3v) is 5.89. The van der Waals surface area contributed by atoms with E-state index < -0.39 is 37.3 Å². The van der Waals surface area contributed by atoms with E-state index in [0.29, 0.717) is 0 Å². The van der Waals surface area contributed by atoms with Gasteiger partial charge in [0.25, 0.3) is 0 Å². The smallest absolute Gasteiger partial charge is 0.229 e. The van der Waals surface area contributed by atoms with Crippen molar-refractivity contribution in [3.05, 3.63) is 33.2 Å². The van der Waals surface area contributed by atoms with E-state index in [2.05, 4.69) is 31.9 Å². The monoisotopic (exact) mass is 478 g/mol. The number of hydrogen-bond acceptors (Lipinski definition) is 7. The van der Waals surface area contributed by atoms with Crippen LogP contribution in [0.25, 0.3) is 10.8 Å². The van der Waals surface area contributed by atoms with Crippen LogP contribution < -0.4 is 4.74 Å². The summed E-state index contributed by atoms with van der Waals surface area (Å²) in [6, 6.07) is 6.69. The second-order valence-corrected chi connectivity index (χ2v) is 7.46. The molecule has 0 aromatic heterocycles. The number of ether oxygens (including phenoxy) is 2. The van der Waals surface area contributed by atoms with Gasteiger partial charge in [-0.2, -0.15) is 0 Å². The Bertz CT molecular complexity index is 783. The average molecular weight is 480 g/mol. The SMILES string of the molecule is OC[C@H]1O[C@@H](Oc2cc3cc(Br)c(Br)cc3cc2O)[C@H](O)[C@@H](O)[C@H]1O. The van der Waals surface area contributed by atoms with E-state index in [4.69, 9.17) is 9.47 Å². The molecule has 0 bridgehead atoms. The van der Waals surface area contributed by atoms with Crippen LogP contribution in [0.2, 0.25) is 0 Å². The molecule has 136 valence electrons. The van der Waals surface area contributed by atoms with Gasteiger partial charge >= 0.3 is 0 Å². The summed E-state index contributed by atoms with van der Waals surface area (Å²) >= 11 is 6.78. The number of fused-ring (bicyclic) bond motifs is 1. The summed E-state index contributed by atoms with van der Waals surface area (Å²) in [5, 5.41) is 50.5. The van der Waals surface area contributed by atoms with E-state index in [0.717, 1.165) is 19.7 Å². The molecule has 1 aliphatic rings. The van der Waals surface area contributed by atoms with Crippen molar-refractivity contribution in [2.75, 3.05) is 6.61 Å². The molecule has 5 N–H and O–H groups in total. The highest BCUT2D eigenvalue weighted by molar-refractivity contribution is 9.13. The molecule has 2 aromatic rings. The van der Waals surface area contributed by atoms with Crippen LogP contribution in [0.15, 0.2) is 33.2 Å². The molecule has 0 aliphatic carbocycles. The van der Waals surface area contributed by atoms with Crippen LogP contribution in [-0.2, 0) is 4.74 Å². The molecule has 0 unspecified atom stereocenters. The van der Waals surface area contributed by atoms with Crippen molar-refractivity contribution in [2.24, 2.45) is 0 Å². The number of aliphatic hydroxyl groups excluding tert-OH is 4. The summed E-state index contributed by atoms with van der Waals surface area (Å²) < 4.78 is 12.4. The van der Waals surface area contributed by atoms with Gasteiger partial charge in [-0.05, 0) is 66.9 Å². The minimum atomic E-state index is -1.55. The van der Waals surface area contributed by atoms with Crippen LogP contribution in [0.5, 0.6) is 11.5 Å². The first kappa shape index (κ1) is 18.8. The van der Waals surface area contributed by atoms with E-state index in [1.807, 2.05) is 12.1 Å². The summed E-state index contributed by atoms with van der Waals surface area (Å²) in [5.41, 5.74) is 0. The highest BCUT2D eigenvalue weighted by Gasteiger charge is 2.44. The summed E-state index contributed by atoms with van der Waals surface area (Å²) in [7, 11) is 0. The minimum Gasteiger partial charge on any atom is -0.504 e. The van der Waals surface area contributed by atoms with Crippen molar-refractivity contribution in [1.82, 2.24) is 0 Å². The third kappa shape index (κ3) is 3.63. The normalized spacial score (nSPS) is 29.8. The van der Waals surface area contributed by atoms with E-state index in [1.165, 1.54) is 6.07 Å². The van der Waals surface area contributed by atoms with E-state index >= 15 is 0 Å². The number of hydrogen-bond donors (Lipinski definition) is 5. The number of phenolic OH excluding ortho intramolecular Hbond substituents is 1. The fourth-order valence-electron chi connectivity index (χ4n) is 2.65. The van der Waals surface area contributed by atoms with E-state index in [9.17, 15) is 25.5 Å². The second-order valence-electron chi connectivity index (χ2n) is 5.75. The van der Waals surface area contributed by atoms with Gasteiger partial charge in [-0.3, -0.25) is 0 Å². The van der Waals surface area contributed by atoms with Crippen molar-refractivity contribution < 1.29 is 35.0 Å². The zero-order chi connectivity index (χ0) is 18.3. The fraction of sp³-hybridized carbons (Fsp3) is 0.375. The third-order valence-electron chi connectivity index (χ3n) is 4.05. The van der Waals surface area contributed by atoms with Crippen LogP contribution in [0.4, 0.5) is 0 Å². The van der Waals surface area contributed by atoms with Crippen LogP contribution in [0.3, 0.4) is 0 Å². The predicted molar refractivity (Wildman–Crippen MR) is 95.4 cm³/mol. The number of phenols is 1. The number of aliphatic hydroxyl groups is 4. The molecule has 2 aromatic carbocycles. The van der Waals surface area contributed by atoms with E-state index in [-0.39, 0.29) is 11.5 Å². The lowest BCUT2D eigenvalue weighted by Crippen LogP contribution is -2.60. The van der Waals surface area contributed by atoms with Crippen LogP contribution in [0.1, 0.15) is 0 Å². The zero-order valence-electron chi connectivity index (χ0n) is 12.7. The lowest BCUT2D eigenvalue weighted by atomic mass is 9.99. The number of rotatable bonds is 3. The second kappa shape index (κ2) is 7.36. The molecular weight excluding hydrogens is 464 g/mol. The van der Waals surface area contributed by atoms with Gasteiger partial charge < -0.3 is 35.0 Å². The van der Waals surface area contributed by atoms with Crippen LogP contribution in [-0.4, -0.2) is 62.8 Å². The van der Waals surface area contributed by atoms with Crippen LogP contribution >= 0.6 is 31.9 Å². The Morgan fingerprint density at radius 1 is 0.920 bits per heavy atom. The molecule has 9 heteroatoms. The van der Waals surface area contributed by atoms with Crippen molar-refractivity contribution in [2.45, 2.75) is 30.7 Å². The van der Waals surface area contributed by atoms with Gasteiger partial charge in [0.05, 0.1) is 6.61 Å². The van der Waals surface area contributed by atoms with Gasteiger partial charge in [0.2, 0.25) is 6.29 Å². The van der Waals surface area contributed by atoms with Gasteiger partial charge in [0.15, 0.2) is 11.5 Å². The van der Waals surface area contributed by atoms with Crippen molar-refractivity contribution >= 4 is 42.6 Å². The lowest BCUT2D eigenvalue weighted by Gasteiger charge is -2.39. The van der Waals surface area contributed by atoms with Crippen molar-refractivity contribution in [1.29, 1.82) is 0 Å². The molecule has 7 nitrogen and oxygen atoms in total. The quantitative estimate of drug-likeness (QED) is 0.449. The summed E-state index contributed by atoms with van der Waals surface area (Å²) in [6.45, 7) is -0.560. The van der Waals surface area contributed by atoms with Crippen molar-refractivity contribution in [3.8, 4) is 11.5 Å². The molecule has 3 rings (SSSR count). The highest BCUT2D eigenvalue weighted by atomic mass is 79.9. The fourth-order valence-corrected chi connectivity index (χ4v) is 3.37. The molecule has 0 radical (unpaired) electrons. The molecule has 1 fully saturated rings. The standard InChI is InChI=1S/C16H16Br2O7/c17-8-1-6-3-10(20)11(4-7(6)2-9(8)18)24-16-15(23)14(22)13(21)12(5-19)25-16/h1-4,12-16,19-23H,5H2/t12-,13+,14+,15-,16-/m1/s1. The molecule has 25 heavy (non-hydrogen) atoms. The minimum absolute atomic E-state index is 0.0334. The maximum absolute atomic E-state index is 10.2. The molecule has 1 saturated heterocycles. The molecular formula is C16H16Br2O7. The number of aromatic hydroxyl groups is 1. The molecule has 1 aliphatic heterocycles. The summed E-state index contributed by atoms with van der Waals surface area (Å²) in [5.74, 6) is -0.148. The molecule has 1 heterocycles. The van der Waals surface area contributed by atoms with Crippen LogP contribution in [0, 0.1) is 0 Å². The zero-order valence-corrected chi connectivity index (χ0v) is 15.9. The first-order valence-corrected chi connectivity index (χ1v) is 8.99. The van der Waals surface area contributed by atoms with Crippen molar-refractivity contribution in [3.63, 3.8) is 0 Å². The van der Waals surface area contributed by atoms with Gasteiger partial charge in [-0.1, -0.05) is 0 Å². The topological polar surface area (TPSA) is 120 Å².